The first kappa shape index (κ1) is 14.1. The van der Waals surface area contributed by atoms with Crippen LogP contribution in [0.15, 0.2) is 35.8 Å². The molecular formula is C13H12N2O4S. The molecule has 7 heteroatoms. The largest absolute Gasteiger partial charge is 0.486 e. The van der Waals surface area contributed by atoms with Crippen LogP contribution >= 0.6 is 11.3 Å². The molecule has 0 bridgehead atoms. The molecule has 0 aliphatic rings. The van der Waals surface area contributed by atoms with Gasteiger partial charge < -0.3 is 14.9 Å². The predicted octanol–water partition coefficient (Wildman–Crippen LogP) is 3.09. The first-order valence-corrected chi connectivity index (χ1v) is 6.85. The Morgan fingerprint density at radius 3 is 2.95 bits per heavy atom. The zero-order valence-electron chi connectivity index (χ0n) is 10.5. The third-order valence-electron chi connectivity index (χ3n) is 2.53. The molecule has 0 fully saturated rings. The van der Waals surface area contributed by atoms with Crippen LogP contribution in [0.3, 0.4) is 0 Å². The van der Waals surface area contributed by atoms with Crippen molar-refractivity contribution < 1.29 is 14.5 Å². The molecule has 0 saturated carbocycles. The quantitative estimate of drug-likeness (QED) is 0.339. The maximum Gasteiger partial charge on any atom is 0.406 e. The average molecular weight is 292 g/mol. The molecule has 0 amide bonds. The van der Waals surface area contributed by atoms with Gasteiger partial charge in [-0.3, -0.25) is 4.79 Å². The van der Waals surface area contributed by atoms with Crippen LogP contribution in [0.25, 0.3) is 0 Å². The van der Waals surface area contributed by atoms with Gasteiger partial charge in [0.1, 0.15) is 6.20 Å². The van der Waals surface area contributed by atoms with Gasteiger partial charge in [-0.05, 0) is 39.9 Å². The van der Waals surface area contributed by atoms with E-state index in [4.69, 9.17) is 4.74 Å². The SMILES string of the molecule is O=C(CCCOc1cccnc1[N+](=O)[O-])c1cccs1. The van der Waals surface area contributed by atoms with E-state index in [0.29, 0.717) is 12.8 Å². The Balaban J connectivity index is 1.82. The van der Waals surface area contributed by atoms with Crippen molar-refractivity contribution in [2.24, 2.45) is 0 Å². The number of nitrogens with zero attached hydrogens (tertiary/aromatic N) is 2. The second-order valence-corrected chi connectivity index (χ2v) is 4.88. The highest BCUT2D eigenvalue weighted by Crippen LogP contribution is 2.23. The highest BCUT2D eigenvalue weighted by molar-refractivity contribution is 7.12. The van der Waals surface area contributed by atoms with E-state index in [-0.39, 0.29) is 24.0 Å². The molecule has 104 valence electrons. The number of pyridine rings is 1. The molecule has 2 aromatic rings. The van der Waals surface area contributed by atoms with Gasteiger partial charge in [0.2, 0.25) is 5.75 Å². The number of nitro groups is 1. The Hall–Kier alpha value is -2.28. The van der Waals surface area contributed by atoms with E-state index < -0.39 is 4.92 Å². The zero-order chi connectivity index (χ0) is 14.4. The van der Waals surface area contributed by atoms with E-state index in [1.165, 1.54) is 23.6 Å². The first-order chi connectivity index (χ1) is 9.68. The lowest BCUT2D eigenvalue weighted by atomic mass is 10.2. The molecule has 2 aromatic heterocycles. The molecule has 0 unspecified atom stereocenters. The Bertz CT molecular complexity index is 598. The van der Waals surface area contributed by atoms with Gasteiger partial charge in [0.05, 0.1) is 11.5 Å². The van der Waals surface area contributed by atoms with E-state index in [1.807, 2.05) is 11.4 Å². The van der Waals surface area contributed by atoms with Gasteiger partial charge in [-0.15, -0.1) is 11.3 Å². The zero-order valence-corrected chi connectivity index (χ0v) is 11.3. The van der Waals surface area contributed by atoms with Gasteiger partial charge in [-0.2, -0.15) is 0 Å². The fourth-order valence-electron chi connectivity index (χ4n) is 1.61. The minimum absolute atomic E-state index is 0.0595. The van der Waals surface area contributed by atoms with Crippen LogP contribution in [0.4, 0.5) is 5.82 Å². The van der Waals surface area contributed by atoms with Gasteiger partial charge in [0, 0.05) is 6.42 Å². The van der Waals surface area contributed by atoms with Crippen molar-refractivity contribution in [2.45, 2.75) is 12.8 Å². The van der Waals surface area contributed by atoms with Crippen molar-refractivity contribution in [3.63, 3.8) is 0 Å². The number of hydrogen-bond acceptors (Lipinski definition) is 6. The van der Waals surface area contributed by atoms with E-state index in [1.54, 1.807) is 12.1 Å². The molecular weight excluding hydrogens is 280 g/mol. The van der Waals surface area contributed by atoms with Crippen LogP contribution in [0, 0.1) is 10.1 Å². The molecule has 0 N–H and O–H groups in total. The fraction of sp³-hybridized carbons (Fsp3) is 0.231. The second kappa shape index (κ2) is 6.76. The number of carbonyl (C=O) groups excluding carboxylic acids is 1. The second-order valence-electron chi connectivity index (χ2n) is 3.93. The van der Waals surface area contributed by atoms with Crippen molar-refractivity contribution >= 4 is 22.9 Å². The number of hydrogen-bond donors (Lipinski definition) is 0. The van der Waals surface area contributed by atoms with Gasteiger partial charge >= 0.3 is 5.82 Å². The van der Waals surface area contributed by atoms with Crippen LogP contribution in [0.2, 0.25) is 0 Å². The summed E-state index contributed by atoms with van der Waals surface area (Å²) in [6, 6.07) is 6.67. The number of Topliss-reactive ketones (excluding diaryl/α,β-unsaturated/α-hetero) is 1. The highest BCUT2D eigenvalue weighted by Gasteiger charge is 2.15. The summed E-state index contributed by atoms with van der Waals surface area (Å²) in [5, 5.41) is 12.6. The number of carbonyl (C=O) groups is 1. The summed E-state index contributed by atoms with van der Waals surface area (Å²) in [7, 11) is 0. The number of ether oxygens (including phenoxy) is 1. The highest BCUT2D eigenvalue weighted by atomic mass is 32.1. The van der Waals surface area contributed by atoms with Gasteiger partial charge in [-0.1, -0.05) is 6.07 Å². The number of aromatic nitrogens is 1. The summed E-state index contributed by atoms with van der Waals surface area (Å²) in [6.07, 6.45) is 2.20. The average Bonchev–Trinajstić information content (AvgIpc) is 2.98. The van der Waals surface area contributed by atoms with Crippen LogP contribution in [-0.2, 0) is 0 Å². The first-order valence-electron chi connectivity index (χ1n) is 5.97. The Labute approximate surface area is 119 Å². The molecule has 2 rings (SSSR count). The molecule has 0 aliphatic heterocycles. The van der Waals surface area contributed by atoms with E-state index in [9.17, 15) is 14.9 Å². The monoisotopic (exact) mass is 292 g/mol. The molecule has 0 atom stereocenters. The van der Waals surface area contributed by atoms with Crippen molar-refractivity contribution in [1.82, 2.24) is 4.98 Å². The minimum atomic E-state index is -0.591. The smallest absolute Gasteiger partial charge is 0.406 e. The number of ketones is 1. The van der Waals surface area contributed by atoms with Crippen molar-refractivity contribution in [3.05, 3.63) is 50.8 Å². The Morgan fingerprint density at radius 2 is 2.25 bits per heavy atom. The normalized spacial score (nSPS) is 10.2. The predicted molar refractivity (Wildman–Crippen MR) is 74.3 cm³/mol. The molecule has 20 heavy (non-hydrogen) atoms. The lowest BCUT2D eigenvalue weighted by Crippen LogP contribution is -2.04. The topological polar surface area (TPSA) is 82.3 Å². The van der Waals surface area contributed by atoms with E-state index >= 15 is 0 Å². The van der Waals surface area contributed by atoms with E-state index in [2.05, 4.69) is 4.98 Å². The van der Waals surface area contributed by atoms with E-state index in [0.717, 1.165) is 4.88 Å². The van der Waals surface area contributed by atoms with Crippen molar-refractivity contribution in [1.29, 1.82) is 0 Å². The third kappa shape index (κ3) is 3.61. The molecule has 6 nitrogen and oxygen atoms in total. The van der Waals surface area contributed by atoms with Crippen LogP contribution in [-0.4, -0.2) is 22.3 Å². The molecule has 0 aromatic carbocycles. The summed E-state index contributed by atoms with van der Waals surface area (Å²) in [5.74, 6) is -0.123. The summed E-state index contributed by atoms with van der Waals surface area (Å²) < 4.78 is 5.31. The van der Waals surface area contributed by atoms with Crippen LogP contribution < -0.4 is 4.74 Å². The van der Waals surface area contributed by atoms with Crippen LogP contribution in [0.1, 0.15) is 22.5 Å². The van der Waals surface area contributed by atoms with Gasteiger partial charge in [0.25, 0.3) is 0 Å². The summed E-state index contributed by atoms with van der Waals surface area (Å²) in [6.45, 7) is 0.240. The molecule has 0 saturated heterocycles. The standard InChI is InChI=1S/C13H12N2O4S/c16-10(12-6-3-9-20-12)4-2-8-19-11-5-1-7-14-13(11)15(17)18/h1,3,5-7,9H,2,4,8H2. The molecule has 0 spiro atoms. The summed E-state index contributed by atoms with van der Waals surface area (Å²) >= 11 is 1.40. The van der Waals surface area contributed by atoms with Gasteiger partial charge in [-0.25, -0.2) is 0 Å². The number of rotatable bonds is 7. The Morgan fingerprint density at radius 1 is 1.40 bits per heavy atom. The maximum absolute atomic E-state index is 11.7. The maximum atomic E-state index is 11.7. The summed E-state index contributed by atoms with van der Waals surface area (Å²) in [4.78, 5) is 26.2. The molecule has 0 radical (unpaired) electrons. The molecule has 0 aliphatic carbocycles. The Kier molecular flexibility index (Phi) is 4.78. The van der Waals surface area contributed by atoms with Crippen molar-refractivity contribution in [3.8, 4) is 5.75 Å². The van der Waals surface area contributed by atoms with Gasteiger partial charge in [0.15, 0.2) is 5.78 Å². The molecule has 2 heterocycles. The minimum Gasteiger partial charge on any atom is -0.486 e. The lowest BCUT2D eigenvalue weighted by Gasteiger charge is -2.05. The van der Waals surface area contributed by atoms with Crippen LogP contribution in [0.5, 0.6) is 5.75 Å². The third-order valence-corrected chi connectivity index (χ3v) is 3.44. The number of thiophene rings is 1. The summed E-state index contributed by atoms with van der Waals surface area (Å²) in [5.41, 5.74) is 0. The van der Waals surface area contributed by atoms with Crippen molar-refractivity contribution in [2.75, 3.05) is 6.61 Å². The lowest BCUT2D eigenvalue weighted by molar-refractivity contribution is -0.390. The fourth-order valence-corrected chi connectivity index (χ4v) is 2.30.